The number of benzene rings is 4. The Hall–Kier alpha value is -4.58. The molecule has 4 aromatic carbocycles. The zero-order valence-electron chi connectivity index (χ0n) is 20.1. The summed E-state index contributed by atoms with van der Waals surface area (Å²) in [5, 5.41) is 0. The van der Waals surface area contributed by atoms with Crippen LogP contribution in [-0.2, 0) is 13.2 Å². The largest absolute Gasteiger partial charge is 0.493 e. The van der Waals surface area contributed by atoms with E-state index in [4.69, 9.17) is 18.9 Å². The summed E-state index contributed by atoms with van der Waals surface area (Å²) in [4.78, 5) is 24.4. The molecule has 0 aliphatic carbocycles. The van der Waals surface area contributed by atoms with Gasteiger partial charge in [0.1, 0.15) is 13.2 Å². The number of hydrogen-bond acceptors (Lipinski definition) is 6. The van der Waals surface area contributed by atoms with Crippen molar-refractivity contribution in [1.82, 2.24) is 0 Å². The second-order valence-electron chi connectivity index (χ2n) is 7.91. The van der Waals surface area contributed by atoms with Crippen molar-refractivity contribution in [3.05, 3.63) is 107 Å². The van der Waals surface area contributed by atoms with Crippen LogP contribution in [0.3, 0.4) is 0 Å². The third-order valence-electron chi connectivity index (χ3n) is 5.70. The van der Waals surface area contributed by atoms with Crippen LogP contribution in [0.2, 0.25) is 0 Å². The molecule has 0 saturated carbocycles. The maximum Gasteiger partial charge on any atom is 0.170 e. The molecular formula is C30H26O6. The number of rotatable bonds is 11. The lowest BCUT2D eigenvalue weighted by Gasteiger charge is -2.22. The van der Waals surface area contributed by atoms with Gasteiger partial charge in [-0.25, -0.2) is 0 Å². The van der Waals surface area contributed by atoms with Gasteiger partial charge < -0.3 is 18.9 Å². The Bertz CT molecular complexity index is 1230. The fraction of sp³-hybridized carbons (Fsp3) is 0.133. The van der Waals surface area contributed by atoms with Gasteiger partial charge in [0.15, 0.2) is 35.6 Å². The molecule has 6 heteroatoms. The highest BCUT2D eigenvalue weighted by molar-refractivity contribution is 6.00. The Morgan fingerprint density at radius 1 is 0.556 bits per heavy atom. The van der Waals surface area contributed by atoms with E-state index >= 15 is 0 Å². The Kier molecular flexibility index (Phi) is 7.98. The molecule has 0 aliphatic heterocycles. The Morgan fingerprint density at radius 2 is 0.944 bits per heavy atom. The molecule has 0 N–H and O–H groups in total. The number of ether oxygens (including phenoxy) is 4. The van der Waals surface area contributed by atoms with Crippen LogP contribution in [0.15, 0.2) is 84.9 Å². The lowest BCUT2D eigenvalue weighted by atomic mass is 9.93. The summed E-state index contributed by atoms with van der Waals surface area (Å²) in [6, 6.07) is 25.9. The number of carbonyl (C=O) groups excluding carboxylic acids is 2. The fourth-order valence-corrected chi connectivity index (χ4v) is 3.94. The van der Waals surface area contributed by atoms with Crippen LogP contribution >= 0.6 is 0 Å². The maximum absolute atomic E-state index is 12.2. The Labute approximate surface area is 210 Å². The number of aldehydes is 2. The van der Waals surface area contributed by atoms with E-state index < -0.39 is 0 Å². The Balaban J connectivity index is 1.91. The van der Waals surface area contributed by atoms with Gasteiger partial charge in [0, 0.05) is 22.3 Å². The third kappa shape index (κ3) is 5.23. The molecule has 182 valence electrons. The van der Waals surface area contributed by atoms with E-state index in [1.54, 1.807) is 24.3 Å². The monoisotopic (exact) mass is 482 g/mol. The summed E-state index contributed by atoms with van der Waals surface area (Å²) in [7, 11) is 3.04. The zero-order valence-corrected chi connectivity index (χ0v) is 20.1. The van der Waals surface area contributed by atoms with Crippen LogP contribution in [-0.4, -0.2) is 26.8 Å². The van der Waals surface area contributed by atoms with Gasteiger partial charge in [0.25, 0.3) is 0 Å². The van der Waals surface area contributed by atoms with E-state index in [0.29, 0.717) is 45.3 Å². The highest BCUT2D eigenvalue weighted by atomic mass is 16.5. The first-order valence-corrected chi connectivity index (χ1v) is 11.4. The van der Waals surface area contributed by atoms with Crippen molar-refractivity contribution >= 4 is 12.6 Å². The lowest BCUT2D eigenvalue weighted by molar-refractivity contribution is 0.111. The second-order valence-corrected chi connectivity index (χ2v) is 7.91. The predicted octanol–water partition coefficient (Wildman–Crippen LogP) is 6.15. The standard InChI is InChI=1S/C30H26O6/c1-33-25-15-13-23(17-31)27(29(25)35-19-21-9-5-3-6-10-21)28-24(18-32)14-16-26(34-2)30(28)36-20-22-11-7-4-8-12-22/h3-18H,19-20H2,1-2H3. The average molecular weight is 483 g/mol. The number of methoxy groups -OCH3 is 2. The van der Waals surface area contributed by atoms with Crippen LogP contribution in [0.1, 0.15) is 31.8 Å². The summed E-state index contributed by atoms with van der Waals surface area (Å²) in [6.45, 7) is 0.459. The Morgan fingerprint density at radius 3 is 1.28 bits per heavy atom. The van der Waals surface area contributed by atoms with Crippen molar-refractivity contribution in [2.45, 2.75) is 13.2 Å². The van der Waals surface area contributed by atoms with E-state index in [9.17, 15) is 9.59 Å². The molecule has 6 nitrogen and oxygen atoms in total. The normalized spacial score (nSPS) is 10.4. The molecule has 36 heavy (non-hydrogen) atoms. The summed E-state index contributed by atoms with van der Waals surface area (Å²) in [5.74, 6) is 1.49. The summed E-state index contributed by atoms with van der Waals surface area (Å²) in [6.07, 6.45) is 1.44. The smallest absolute Gasteiger partial charge is 0.170 e. The zero-order chi connectivity index (χ0) is 25.3. The van der Waals surface area contributed by atoms with Crippen LogP contribution < -0.4 is 18.9 Å². The first kappa shape index (κ1) is 24.5. The van der Waals surface area contributed by atoms with E-state index in [-0.39, 0.29) is 13.2 Å². The molecule has 0 radical (unpaired) electrons. The van der Waals surface area contributed by atoms with Gasteiger partial charge >= 0.3 is 0 Å². The predicted molar refractivity (Wildman–Crippen MR) is 137 cm³/mol. The average Bonchev–Trinajstić information content (AvgIpc) is 2.94. The second kappa shape index (κ2) is 11.7. The maximum atomic E-state index is 12.2. The van der Waals surface area contributed by atoms with Crippen LogP contribution in [0, 0.1) is 0 Å². The van der Waals surface area contributed by atoms with Crippen LogP contribution in [0.25, 0.3) is 11.1 Å². The molecular weight excluding hydrogens is 456 g/mol. The van der Waals surface area contributed by atoms with Gasteiger partial charge in [-0.2, -0.15) is 0 Å². The minimum absolute atomic E-state index is 0.229. The number of hydrogen-bond donors (Lipinski definition) is 0. The van der Waals surface area contributed by atoms with Crippen molar-refractivity contribution in [3.63, 3.8) is 0 Å². The molecule has 0 aromatic heterocycles. The molecule has 0 amide bonds. The molecule has 0 spiro atoms. The van der Waals surface area contributed by atoms with Crippen molar-refractivity contribution < 1.29 is 28.5 Å². The van der Waals surface area contributed by atoms with Gasteiger partial charge in [-0.1, -0.05) is 60.7 Å². The van der Waals surface area contributed by atoms with Crippen molar-refractivity contribution in [2.75, 3.05) is 14.2 Å². The third-order valence-corrected chi connectivity index (χ3v) is 5.70. The van der Waals surface area contributed by atoms with Gasteiger partial charge in [-0.05, 0) is 35.4 Å². The summed E-state index contributed by atoms with van der Waals surface area (Å²) >= 11 is 0. The minimum Gasteiger partial charge on any atom is -0.493 e. The van der Waals surface area contributed by atoms with Crippen molar-refractivity contribution in [3.8, 4) is 34.1 Å². The first-order valence-electron chi connectivity index (χ1n) is 11.4. The molecule has 4 aromatic rings. The summed E-state index contributed by atoms with van der Waals surface area (Å²) < 4.78 is 23.7. The topological polar surface area (TPSA) is 71.1 Å². The quantitative estimate of drug-likeness (QED) is 0.239. The van der Waals surface area contributed by atoms with Gasteiger partial charge in [-0.3, -0.25) is 9.59 Å². The molecule has 0 atom stereocenters. The molecule has 0 aliphatic rings. The van der Waals surface area contributed by atoms with E-state index in [2.05, 4.69) is 0 Å². The molecule has 0 bridgehead atoms. The first-order chi connectivity index (χ1) is 17.7. The molecule has 0 heterocycles. The van der Waals surface area contributed by atoms with Crippen molar-refractivity contribution in [1.29, 1.82) is 0 Å². The van der Waals surface area contributed by atoms with E-state index in [0.717, 1.165) is 23.7 Å². The SMILES string of the molecule is COc1ccc(C=O)c(-c2c(C=O)ccc(OC)c2OCc2ccccc2)c1OCc1ccccc1. The highest BCUT2D eigenvalue weighted by Crippen LogP contribution is 2.48. The number of carbonyl (C=O) groups is 2. The van der Waals surface area contributed by atoms with E-state index in [1.165, 1.54) is 14.2 Å². The van der Waals surface area contributed by atoms with Crippen molar-refractivity contribution in [2.24, 2.45) is 0 Å². The van der Waals surface area contributed by atoms with Crippen LogP contribution in [0.4, 0.5) is 0 Å². The fourth-order valence-electron chi connectivity index (χ4n) is 3.94. The van der Waals surface area contributed by atoms with Gasteiger partial charge in [-0.15, -0.1) is 0 Å². The molecule has 0 saturated heterocycles. The van der Waals surface area contributed by atoms with Gasteiger partial charge in [0.05, 0.1) is 14.2 Å². The van der Waals surface area contributed by atoms with E-state index in [1.807, 2.05) is 60.7 Å². The molecule has 0 unspecified atom stereocenters. The highest BCUT2D eigenvalue weighted by Gasteiger charge is 2.26. The molecule has 4 rings (SSSR count). The molecule has 0 fully saturated rings. The van der Waals surface area contributed by atoms with Crippen LogP contribution in [0.5, 0.6) is 23.0 Å². The van der Waals surface area contributed by atoms with Gasteiger partial charge in [0.2, 0.25) is 0 Å². The minimum atomic E-state index is 0.229. The summed E-state index contributed by atoms with van der Waals surface area (Å²) in [5.41, 5.74) is 3.29. The lowest BCUT2D eigenvalue weighted by Crippen LogP contribution is -2.06.